The molecule has 0 unspecified atom stereocenters. The van der Waals surface area contributed by atoms with E-state index in [0.717, 1.165) is 34.8 Å². The van der Waals surface area contributed by atoms with Crippen LogP contribution in [0.2, 0.25) is 0 Å². The number of hydrogen-bond acceptors (Lipinski definition) is 3. The molecule has 2 aromatic rings. The Morgan fingerprint density at radius 1 is 1.26 bits per heavy atom. The van der Waals surface area contributed by atoms with Crippen molar-refractivity contribution in [3.05, 3.63) is 84.3 Å². The molecule has 0 aliphatic heterocycles. The Morgan fingerprint density at radius 3 is 2.45 bits per heavy atom. The van der Waals surface area contributed by atoms with Crippen molar-refractivity contribution in [2.24, 2.45) is 5.41 Å². The quantitative estimate of drug-likeness (QED) is 0.482. The van der Waals surface area contributed by atoms with E-state index in [9.17, 15) is 9.50 Å². The largest absolute Gasteiger partial charge is 0.395 e. The van der Waals surface area contributed by atoms with Crippen LogP contribution in [0.25, 0.3) is 11.4 Å². The molecule has 0 amide bonds. The number of aromatic nitrogens is 2. The molecule has 1 N–H and O–H groups in total. The number of benzene rings is 1. The minimum atomic E-state index is -0.322. The highest BCUT2D eigenvalue weighted by molar-refractivity contribution is 5.79. The maximum atomic E-state index is 13.4. The molecule has 0 aliphatic carbocycles. The zero-order chi connectivity index (χ0) is 23.2. The molecule has 2 rings (SSSR count). The first-order valence-corrected chi connectivity index (χ1v) is 10.5. The maximum absolute atomic E-state index is 13.4. The number of allylic oxidation sites excluding steroid dienone is 5. The Hall–Kier alpha value is -2.92. The van der Waals surface area contributed by atoms with Gasteiger partial charge in [0.1, 0.15) is 11.5 Å². The van der Waals surface area contributed by atoms with E-state index in [0.29, 0.717) is 0 Å². The van der Waals surface area contributed by atoms with Crippen LogP contribution >= 0.6 is 0 Å². The Bertz CT molecular complexity index is 994. The van der Waals surface area contributed by atoms with E-state index in [2.05, 4.69) is 25.4 Å². The molecule has 31 heavy (non-hydrogen) atoms. The third-order valence-electron chi connectivity index (χ3n) is 5.58. The van der Waals surface area contributed by atoms with E-state index < -0.39 is 0 Å². The molecule has 0 saturated carbocycles. The number of anilines is 1. The number of aliphatic hydroxyl groups excluding tert-OH is 1. The van der Waals surface area contributed by atoms with Crippen LogP contribution < -0.4 is 4.90 Å². The van der Waals surface area contributed by atoms with E-state index in [-0.39, 0.29) is 17.8 Å². The molecule has 0 bridgehead atoms. The van der Waals surface area contributed by atoms with Crippen LogP contribution in [0.1, 0.15) is 46.7 Å². The SMILES string of the molecule is C=C(/C=C\C(=C/C)C(C)(C)CO)n1cnc(/C(=C(\C)CC)N(C)c2ccc(F)cc2)c1. The van der Waals surface area contributed by atoms with Crippen molar-refractivity contribution in [1.82, 2.24) is 9.55 Å². The van der Waals surface area contributed by atoms with Crippen LogP contribution in [-0.2, 0) is 0 Å². The molecule has 0 atom stereocenters. The lowest BCUT2D eigenvalue weighted by Crippen LogP contribution is -2.18. The summed E-state index contributed by atoms with van der Waals surface area (Å²) in [7, 11) is 1.96. The highest BCUT2D eigenvalue weighted by atomic mass is 19.1. The second-order valence-corrected chi connectivity index (χ2v) is 8.29. The molecule has 1 aromatic carbocycles. The summed E-state index contributed by atoms with van der Waals surface area (Å²) in [5.41, 5.74) is 5.36. The van der Waals surface area contributed by atoms with Gasteiger partial charge in [0.05, 0.1) is 18.6 Å². The molecule has 166 valence electrons. The average Bonchev–Trinajstić information content (AvgIpc) is 3.24. The highest BCUT2D eigenvalue weighted by Crippen LogP contribution is 2.29. The van der Waals surface area contributed by atoms with Crippen molar-refractivity contribution in [3.63, 3.8) is 0 Å². The van der Waals surface area contributed by atoms with Gasteiger partial charge in [-0.25, -0.2) is 9.37 Å². The minimum absolute atomic E-state index is 0.0683. The fraction of sp³-hybridized carbons (Fsp3) is 0.346. The van der Waals surface area contributed by atoms with Gasteiger partial charge in [0.2, 0.25) is 0 Å². The number of rotatable bonds is 9. The standard InChI is InChI=1S/C26H34FN3O/c1-8-19(3)25(29(7)23-14-12-22(27)13-15-23)24-16-30(18-28-24)20(4)10-11-21(9-2)26(5,6)17-31/h9-16,18,31H,4,8,17H2,1-3,5-7H3/b11-10-,21-9+,25-19-. The van der Waals surface area contributed by atoms with Gasteiger partial charge < -0.3 is 14.6 Å². The van der Waals surface area contributed by atoms with Gasteiger partial charge in [0.25, 0.3) is 0 Å². The Labute approximate surface area is 185 Å². The highest BCUT2D eigenvalue weighted by Gasteiger charge is 2.20. The van der Waals surface area contributed by atoms with Crippen molar-refractivity contribution in [2.75, 3.05) is 18.6 Å². The fourth-order valence-electron chi connectivity index (χ4n) is 3.32. The summed E-state index contributed by atoms with van der Waals surface area (Å²) in [5.74, 6) is -0.257. The van der Waals surface area contributed by atoms with Crippen LogP contribution in [0.15, 0.2) is 72.7 Å². The maximum Gasteiger partial charge on any atom is 0.123 e. The van der Waals surface area contributed by atoms with E-state index in [4.69, 9.17) is 0 Å². The number of hydrogen-bond donors (Lipinski definition) is 1. The topological polar surface area (TPSA) is 41.3 Å². The second kappa shape index (κ2) is 10.4. The van der Waals surface area contributed by atoms with Gasteiger partial charge in [0, 0.05) is 30.0 Å². The number of imidazole rings is 1. The third kappa shape index (κ3) is 5.82. The van der Waals surface area contributed by atoms with Gasteiger partial charge in [-0.05, 0) is 61.8 Å². The van der Waals surface area contributed by atoms with E-state index in [1.54, 1.807) is 18.5 Å². The third-order valence-corrected chi connectivity index (χ3v) is 5.58. The molecule has 1 aromatic heterocycles. The van der Waals surface area contributed by atoms with Crippen LogP contribution in [0.5, 0.6) is 0 Å². The number of halogens is 1. The molecule has 5 heteroatoms. The van der Waals surface area contributed by atoms with Crippen LogP contribution in [-0.4, -0.2) is 28.3 Å². The molecule has 4 nitrogen and oxygen atoms in total. The summed E-state index contributed by atoms with van der Waals surface area (Å²) in [6, 6.07) is 6.45. The first-order chi connectivity index (χ1) is 14.6. The van der Waals surface area contributed by atoms with Gasteiger partial charge in [-0.1, -0.05) is 39.5 Å². The summed E-state index contributed by atoms with van der Waals surface area (Å²) < 4.78 is 15.2. The van der Waals surface area contributed by atoms with Crippen molar-refractivity contribution >= 4 is 17.1 Å². The zero-order valence-corrected chi connectivity index (χ0v) is 19.5. The Kier molecular flexibility index (Phi) is 8.17. The van der Waals surface area contributed by atoms with Gasteiger partial charge in [-0.2, -0.15) is 0 Å². The van der Waals surface area contributed by atoms with Crippen LogP contribution in [0.3, 0.4) is 0 Å². The van der Waals surface area contributed by atoms with Gasteiger partial charge in [0.15, 0.2) is 0 Å². The van der Waals surface area contributed by atoms with Crippen molar-refractivity contribution < 1.29 is 9.50 Å². The molecular formula is C26H34FN3O. The van der Waals surface area contributed by atoms with E-state index in [1.165, 1.54) is 17.7 Å². The van der Waals surface area contributed by atoms with Gasteiger partial charge in [-0.3, -0.25) is 0 Å². The molecule has 0 aliphatic rings. The van der Waals surface area contributed by atoms with Crippen molar-refractivity contribution in [2.45, 2.75) is 41.0 Å². The lowest BCUT2D eigenvalue weighted by Gasteiger charge is -2.24. The second-order valence-electron chi connectivity index (χ2n) is 8.29. The van der Waals surface area contributed by atoms with E-state index in [1.807, 2.05) is 61.7 Å². The van der Waals surface area contributed by atoms with E-state index >= 15 is 0 Å². The fourth-order valence-corrected chi connectivity index (χ4v) is 3.32. The average molecular weight is 424 g/mol. The monoisotopic (exact) mass is 423 g/mol. The minimum Gasteiger partial charge on any atom is -0.395 e. The molecular weight excluding hydrogens is 389 g/mol. The molecule has 0 radical (unpaired) electrons. The summed E-state index contributed by atoms with van der Waals surface area (Å²) >= 11 is 0. The number of nitrogens with zero attached hydrogens (tertiary/aromatic N) is 3. The predicted molar refractivity (Wildman–Crippen MR) is 129 cm³/mol. The Morgan fingerprint density at radius 2 is 1.90 bits per heavy atom. The normalized spacial score (nSPS) is 13.5. The van der Waals surface area contributed by atoms with Gasteiger partial charge in [-0.15, -0.1) is 0 Å². The molecule has 0 saturated heterocycles. The van der Waals surface area contributed by atoms with Crippen molar-refractivity contribution in [3.8, 4) is 0 Å². The van der Waals surface area contributed by atoms with Crippen molar-refractivity contribution in [1.29, 1.82) is 0 Å². The first kappa shape index (κ1) is 24.4. The van der Waals surface area contributed by atoms with Crippen LogP contribution in [0.4, 0.5) is 10.1 Å². The zero-order valence-electron chi connectivity index (χ0n) is 19.5. The smallest absolute Gasteiger partial charge is 0.123 e. The molecule has 0 fully saturated rings. The molecule has 1 heterocycles. The Balaban J connectivity index is 2.33. The lowest BCUT2D eigenvalue weighted by molar-refractivity contribution is 0.193. The van der Waals surface area contributed by atoms with Crippen LogP contribution in [0, 0.1) is 11.2 Å². The summed E-state index contributed by atoms with van der Waals surface area (Å²) in [6.45, 7) is 14.4. The predicted octanol–water partition coefficient (Wildman–Crippen LogP) is 6.29. The molecule has 0 spiro atoms. The lowest BCUT2D eigenvalue weighted by atomic mass is 9.84. The number of aliphatic hydroxyl groups is 1. The summed E-state index contributed by atoms with van der Waals surface area (Å²) in [4.78, 5) is 6.66. The van der Waals surface area contributed by atoms with Gasteiger partial charge >= 0.3 is 0 Å². The first-order valence-electron chi connectivity index (χ1n) is 10.5. The summed E-state index contributed by atoms with van der Waals surface area (Å²) in [5, 5.41) is 9.64. The summed E-state index contributed by atoms with van der Waals surface area (Å²) in [6.07, 6.45) is 10.5.